The van der Waals surface area contributed by atoms with Crippen LogP contribution in [-0.2, 0) is 5.41 Å². The average Bonchev–Trinajstić information content (AvgIpc) is 3.14. The number of benzene rings is 1. The van der Waals surface area contributed by atoms with Crippen LogP contribution in [-0.4, -0.2) is 65.8 Å². The number of carbonyl (C=O) groups excluding carboxylic acids is 1. The molecule has 2 heterocycles. The van der Waals surface area contributed by atoms with E-state index >= 15 is 0 Å². The average molecular weight is 442 g/mol. The molecule has 0 spiro atoms. The van der Waals surface area contributed by atoms with Crippen molar-refractivity contribution in [1.82, 2.24) is 25.3 Å². The number of carbonyl (C=O) groups is 1. The van der Waals surface area contributed by atoms with E-state index in [4.69, 9.17) is 0 Å². The number of fused-ring (bicyclic) bond motifs is 5. The van der Waals surface area contributed by atoms with Gasteiger partial charge in [0.25, 0.3) is 0 Å². The third kappa shape index (κ3) is 2.68. The second-order valence-corrected chi connectivity index (χ2v) is 9.91. The predicted octanol–water partition coefficient (Wildman–Crippen LogP) is 3.53. The standard InChI is InChI=1S/C24H29F2N5O/c1-23(2)15-8-9-24(23,19-13-31(22(32)27-3)11-10-30(19)4)21-14(15)12-18(28-29-21)20-16(25)6-5-7-17(20)26/h5-7,12,15,19H,8-11,13H2,1-4H3,(H,27,32)/t15-,19-,24-/m0/s1. The van der Waals surface area contributed by atoms with Gasteiger partial charge in [0, 0.05) is 38.1 Å². The van der Waals surface area contributed by atoms with Crippen molar-refractivity contribution in [3.8, 4) is 11.3 Å². The lowest BCUT2D eigenvalue weighted by molar-refractivity contribution is 0.0201. The zero-order valence-electron chi connectivity index (χ0n) is 19.0. The molecule has 1 aromatic carbocycles. The Morgan fingerprint density at radius 3 is 2.59 bits per heavy atom. The fraction of sp³-hybridized carbons (Fsp3) is 0.542. The summed E-state index contributed by atoms with van der Waals surface area (Å²) < 4.78 is 28.9. The number of urea groups is 1. The van der Waals surface area contributed by atoms with Crippen LogP contribution in [0, 0.1) is 17.0 Å². The van der Waals surface area contributed by atoms with E-state index in [1.807, 2.05) is 11.0 Å². The summed E-state index contributed by atoms with van der Waals surface area (Å²) >= 11 is 0. The van der Waals surface area contributed by atoms with Crippen molar-refractivity contribution < 1.29 is 13.6 Å². The summed E-state index contributed by atoms with van der Waals surface area (Å²) in [5, 5.41) is 11.7. The summed E-state index contributed by atoms with van der Waals surface area (Å²) in [6.45, 7) is 6.60. The number of hydrogen-bond donors (Lipinski definition) is 1. The first kappa shape index (κ1) is 21.2. The summed E-state index contributed by atoms with van der Waals surface area (Å²) in [7, 11) is 3.77. The Bertz CT molecular complexity index is 1070. The summed E-state index contributed by atoms with van der Waals surface area (Å²) in [5.41, 5.74) is 1.67. The molecule has 170 valence electrons. The third-order valence-corrected chi connectivity index (χ3v) is 8.41. The van der Waals surface area contributed by atoms with Crippen molar-refractivity contribution in [2.75, 3.05) is 33.7 Å². The quantitative estimate of drug-likeness (QED) is 0.775. The van der Waals surface area contributed by atoms with Crippen molar-refractivity contribution in [3.63, 3.8) is 0 Å². The molecule has 1 saturated heterocycles. The number of amides is 2. The van der Waals surface area contributed by atoms with Gasteiger partial charge < -0.3 is 10.2 Å². The minimum Gasteiger partial charge on any atom is -0.341 e. The minimum atomic E-state index is -0.635. The molecule has 2 aliphatic carbocycles. The van der Waals surface area contributed by atoms with E-state index in [-0.39, 0.29) is 40.1 Å². The van der Waals surface area contributed by atoms with E-state index in [0.717, 1.165) is 30.6 Å². The van der Waals surface area contributed by atoms with Crippen LogP contribution in [0.2, 0.25) is 0 Å². The molecule has 3 atom stereocenters. The van der Waals surface area contributed by atoms with E-state index in [0.29, 0.717) is 13.1 Å². The summed E-state index contributed by atoms with van der Waals surface area (Å²) in [6.07, 6.45) is 1.94. The van der Waals surface area contributed by atoms with Gasteiger partial charge in [-0.3, -0.25) is 4.90 Å². The van der Waals surface area contributed by atoms with E-state index in [9.17, 15) is 13.6 Å². The van der Waals surface area contributed by atoms with Gasteiger partial charge >= 0.3 is 6.03 Å². The number of nitrogens with zero attached hydrogens (tertiary/aromatic N) is 4. The zero-order valence-corrected chi connectivity index (χ0v) is 19.0. The molecule has 8 heteroatoms. The first-order chi connectivity index (χ1) is 15.2. The van der Waals surface area contributed by atoms with Crippen LogP contribution in [0.3, 0.4) is 0 Å². The minimum absolute atomic E-state index is 0.0680. The molecule has 6 nitrogen and oxygen atoms in total. The van der Waals surface area contributed by atoms with Crippen molar-refractivity contribution >= 4 is 6.03 Å². The van der Waals surface area contributed by atoms with Crippen molar-refractivity contribution in [1.29, 1.82) is 0 Å². The van der Waals surface area contributed by atoms with Crippen LogP contribution in [0.5, 0.6) is 0 Å². The maximum atomic E-state index is 14.4. The van der Waals surface area contributed by atoms with E-state index < -0.39 is 11.6 Å². The zero-order chi connectivity index (χ0) is 22.8. The molecule has 2 fully saturated rings. The van der Waals surface area contributed by atoms with Gasteiger partial charge in [0.05, 0.1) is 17.0 Å². The van der Waals surface area contributed by atoms with Gasteiger partial charge in [-0.15, -0.1) is 0 Å². The highest BCUT2D eigenvalue weighted by Crippen LogP contribution is 2.69. The molecule has 2 amide bonds. The van der Waals surface area contributed by atoms with Crippen molar-refractivity contribution in [2.24, 2.45) is 5.41 Å². The second-order valence-electron chi connectivity index (χ2n) is 9.91. The Kier molecular flexibility index (Phi) is 4.78. The van der Waals surface area contributed by atoms with E-state index in [1.165, 1.54) is 18.2 Å². The van der Waals surface area contributed by atoms with Crippen LogP contribution in [0.4, 0.5) is 13.6 Å². The van der Waals surface area contributed by atoms with Gasteiger partial charge in [0.1, 0.15) is 11.6 Å². The van der Waals surface area contributed by atoms with Crippen LogP contribution in [0.25, 0.3) is 11.3 Å². The molecule has 0 radical (unpaired) electrons. The summed E-state index contributed by atoms with van der Waals surface area (Å²) in [6, 6.07) is 5.70. The summed E-state index contributed by atoms with van der Waals surface area (Å²) in [5.74, 6) is -1.04. The fourth-order valence-electron chi connectivity index (χ4n) is 6.72. The molecular weight excluding hydrogens is 412 g/mol. The molecule has 0 unspecified atom stereocenters. The highest BCUT2D eigenvalue weighted by Gasteiger charge is 2.67. The van der Waals surface area contributed by atoms with E-state index in [1.54, 1.807) is 7.05 Å². The Labute approximate surface area is 187 Å². The normalized spacial score (nSPS) is 28.6. The van der Waals surface area contributed by atoms with Gasteiger partial charge in [0.15, 0.2) is 0 Å². The lowest BCUT2D eigenvalue weighted by atomic mass is 9.63. The Balaban J connectivity index is 1.62. The summed E-state index contributed by atoms with van der Waals surface area (Å²) in [4.78, 5) is 16.6. The van der Waals surface area contributed by atoms with Crippen LogP contribution in [0.1, 0.15) is 43.9 Å². The number of likely N-dealkylation sites (N-methyl/N-ethyl adjacent to an activating group) is 1. The van der Waals surface area contributed by atoms with Gasteiger partial charge in [-0.25, -0.2) is 13.6 Å². The first-order valence-corrected chi connectivity index (χ1v) is 11.2. The topological polar surface area (TPSA) is 61.4 Å². The molecule has 5 rings (SSSR count). The lowest BCUT2D eigenvalue weighted by Gasteiger charge is -2.51. The molecular formula is C24H29F2N5O. The Morgan fingerprint density at radius 1 is 1.19 bits per heavy atom. The van der Waals surface area contributed by atoms with Gasteiger partial charge in [-0.05, 0) is 55.0 Å². The molecule has 1 aromatic heterocycles. The maximum Gasteiger partial charge on any atom is 0.317 e. The number of hydrogen-bond acceptors (Lipinski definition) is 4. The number of aromatic nitrogens is 2. The number of halogens is 2. The Hall–Kier alpha value is -2.61. The van der Waals surface area contributed by atoms with Gasteiger partial charge in [0.2, 0.25) is 0 Å². The Morgan fingerprint density at radius 2 is 1.91 bits per heavy atom. The number of piperazine rings is 1. The van der Waals surface area contributed by atoms with Crippen LogP contribution in [0.15, 0.2) is 24.3 Å². The second kappa shape index (κ2) is 7.20. The lowest BCUT2D eigenvalue weighted by Crippen LogP contribution is -2.64. The maximum absolute atomic E-state index is 14.4. The molecule has 2 aromatic rings. The SMILES string of the molecule is CNC(=O)N1CCN(C)[C@H]([C@@]23CC[C@@H](c4cc(-c5c(F)cccc5F)nnc42)C3(C)C)C1. The van der Waals surface area contributed by atoms with E-state index in [2.05, 4.69) is 41.3 Å². The third-order valence-electron chi connectivity index (χ3n) is 8.41. The molecule has 32 heavy (non-hydrogen) atoms. The van der Waals surface area contributed by atoms with Crippen LogP contribution >= 0.6 is 0 Å². The first-order valence-electron chi connectivity index (χ1n) is 11.2. The number of nitrogens with one attached hydrogen (secondary N) is 1. The van der Waals surface area contributed by atoms with Crippen LogP contribution < -0.4 is 5.32 Å². The fourth-order valence-corrected chi connectivity index (χ4v) is 6.72. The molecule has 2 bridgehead atoms. The predicted molar refractivity (Wildman–Crippen MR) is 117 cm³/mol. The molecule has 1 N–H and O–H groups in total. The van der Waals surface area contributed by atoms with Gasteiger partial charge in [-0.1, -0.05) is 19.9 Å². The van der Waals surface area contributed by atoms with Gasteiger partial charge in [-0.2, -0.15) is 10.2 Å². The highest BCUT2D eigenvalue weighted by atomic mass is 19.1. The highest BCUT2D eigenvalue weighted by molar-refractivity contribution is 5.74. The van der Waals surface area contributed by atoms with Crippen molar-refractivity contribution in [3.05, 3.63) is 47.2 Å². The smallest absolute Gasteiger partial charge is 0.317 e. The molecule has 3 aliphatic rings. The number of rotatable bonds is 2. The van der Waals surface area contributed by atoms with Crippen molar-refractivity contribution in [2.45, 2.75) is 44.1 Å². The monoisotopic (exact) mass is 441 g/mol. The largest absolute Gasteiger partial charge is 0.341 e. The molecule has 1 aliphatic heterocycles. The molecule has 1 saturated carbocycles.